The van der Waals surface area contributed by atoms with Gasteiger partial charge in [0.2, 0.25) is 5.91 Å². The van der Waals surface area contributed by atoms with E-state index in [0.717, 1.165) is 65.2 Å². The van der Waals surface area contributed by atoms with Gasteiger partial charge in [-0.2, -0.15) is 0 Å². The predicted octanol–water partition coefficient (Wildman–Crippen LogP) is 4.74. The van der Waals surface area contributed by atoms with Crippen molar-refractivity contribution in [3.05, 3.63) is 76.3 Å². The standard InChI is InChI=1S/C28H29N3O4S/c1-2-20-10-6-12-23-21(17-30(26(20)23)18-25(32)29-15-22-11-7-13-35-22)14-24-27(33)31(28(34)36-24)16-19-8-4-3-5-9-19/h3-6,8-10,12,14,17,22H,2,7,11,13,15-16,18H2,1H3,(H,29,32)/b24-14-/t22-/m0/s1. The summed E-state index contributed by atoms with van der Waals surface area (Å²) in [6, 6.07) is 15.5. The lowest BCUT2D eigenvalue weighted by Crippen LogP contribution is -2.34. The molecule has 8 heteroatoms. The van der Waals surface area contributed by atoms with E-state index in [1.807, 2.05) is 53.2 Å². The number of nitrogens with one attached hydrogen (secondary N) is 1. The molecule has 2 saturated heterocycles. The lowest BCUT2D eigenvalue weighted by atomic mass is 10.1. The summed E-state index contributed by atoms with van der Waals surface area (Å²) in [5.41, 5.74) is 3.81. The first kappa shape index (κ1) is 24.3. The van der Waals surface area contributed by atoms with Gasteiger partial charge in [-0.3, -0.25) is 19.3 Å². The van der Waals surface area contributed by atoms with Crippen LogP contribution in [0.15, 0.2) is 59.6 Å². The van der Waals surface area contributed by atoms with Crippen molar-refractivity contribution in [2.75, 3.05) is 13.2 Å². The summed E-state index contributed by atoms with van der Waals surface area (Å²) in [6.07, 6.45) is 6.58. The van der Waals surface area contributed by atoms with Crippen LogP contribution in [0.3, 0.4) is 0 Å². The van der Waals surface area contributed by atoms with E-state index in [4.69, 9.17) is 4.74 Å². The van der Waals surface area contributed by atoms with Crippen LogP contribution in [-0.4, -0.2) is 45.8 Å². The average molecular weight is 504 g/mol. The van der Waals surface area contributed by atoms with Crippen LogP contribution >= 0.6 is 11.8 Å². The van der Waals surface area contributed by atoms with E-state index in [0.29, 0.717) is 11.4 Å². The molecule has 0 spiro atoms. The minimum Gasteiger partial charge on any atom is -0.376 e. The summed E-state index contributed by atoms with van der Waals surface area (Å²) < 4.78 is 7.55. The van der Waals surface area contributed by atoms with Crippen LogP contribution in [0.1, 0.15) is 36.5 Å². The number of carbonyl (C=O) groups excluding carboxylic acids is 3. The normalized spacial score (nSPS) is 19.1. The predicted molar refractivity (Wildman–Crippen MR) is 141 cm³/mol. The first-order valence-electron chi connectivity index (χ1n) is 12.3. The third-order valence-electron chi connectivity index (χ3n) is 6.60. The maximum Gasteiger partial charge on any atom is 0.293 e. The Hall–Kier alpha value is -3.36. The van der Waals surface area contributed by atoms with Crippen LogP contribution in [0.5, 0.6) is 0 Å². The van der Waals surface area contributed by atoms with Crippen molar-refractivity contribution in [1.29, 1.82) is 0 Å². The number of aryl methyl sites for hydroxylation is 1. The molecule has 0 radical (unpaired) electrons. The number of benzene rings is 2. The largest absolute Gasteiger partial charge is 0.376 e. The highest BCUT2D eigenvalue weighted by Crippen LogP contribution is 2.35. The van der Waals surface area contributed by atoms with E-state index in [1.165, 1.54) is 4.90 Å². The van der Waals surface area contributed by atoms with E-state index in [9.17, 15) is 14.4 Å². The minimum absolute atomic E-state index is 0.0805. The zero-order valence-corrected chi connectivity index (χ0v) is 21.1. The van der Waals surface area contributed by atoms with Gasteiger partial charge in [-0.15, -0.1) is 0 Å². The van der Waals surface area contributed by atoms with Crippen LogP contribution in [0.4, 0.5) is 4.79 Å². The Morgan fingerprint density at radius 3 is 2.75 bits per heavy atom. The highest BCUT2D eigenvalue weighted by molar-refractivity contribution is 8.18. The number of fused-ring (bicyclic) bond motifs is 1. The topological polar surface area (TPSA) is 80.6 Å². The molecule has 0 aliphatic carbocycles. The van der Waals surface area contributed by atoms with Gasteiger partial charge < -0.3 is 14.6 Å². The van der Waals surface area contributed by atoms with Gasteiger partial charge >= 0.3 is 0 Å². The highest BCUT2D eigenvalue weighted by atomic mass is 32.2. The first-order valence-corrected chi connectivity index (χ1v) is 13.1. The number of imide groups is 1. The fourth-order valence-electron chi connectivity index (χ4n) is 4.78. The lowest BCUT2D eigenvalue weighted by Gasteiger charge is -2.12. The van der Waals surface area contributed by atoms with Crippen molar-refractivity contribution in [3.8, 4) is 0 Å². The van der Waals surface area contributed by atoms with Gasteiger partial charge in [0.15, 0.2) is 0 Å². The molecule has 0 saturated carbocycles. The first-order chi connectivity index (χ1) is 17.5. The van der Waals surface area contributed by atoms with E-state index in [1.54, 1.807) is 6.08 Å². The quantitative estimate of drug-likeness (QED) is 0.450. The third kappa shape index (κ3) is 5.10. The number of para-hydroxylation sites is 1. The zero-order chi connectivity index (χ0) is 25.1. The van der Waals surface area contributed by atoms with Crippen LogP contribution in [0, 0.1) is 0 Å². The number of carbonyl (C=O) groups is 3. The van der Waals surface area contributed by atoms with Gasteiger partial charge in [-0.1, -0.05) is 55.5 Å². The van der Waals surface area contributed by atoms with Gasteiger partial charge in [0.25, 0.3) is 11.1 Å². The molecule has 1 atom stereocenters. The Balaban J connectivity index is 1.40. The number of ether oxygens (including phenoxy) is 1. The Morgan fingerprint density at radius 1 is 1.17 bits per heavy atom. The van der Waals surface area contributed by atoms with Crippen LogP contribution < -0.4 is 5.32 Å². The third-order valence-corrected chi connectivity index (χ3v) is 7.51. The monoisotopic (exact) mass is 503 g/mol. The minimum atomic E-state index is -0.296. The van der Waals surface area contributed by atoms with Gasteiger partial charge in [-0.05, 0) is 48.2 Å². The molecule has 3 amide bonds. The number of thioether (sulfide) groups is 1. The maximum atomic E-state index is 13.1. The summed E-state index contributed by atoms with van der Waals surface area (Å²) in [5.74, 6) is -0.376. The number of hydrogen-bond acceptors (Lipinski definition) is 5. The molecular weight excluding hydrogens is 474 g/mol. The average Bonchev–Trinajstić information content (AvgIpc) is 3.60. The molecule has 186 valence electrons. The van der Waals surface area contributed by atoms with E-state index in [2.05, 4.69) is 18.3 Å². The number of hydrogen-bond donors (Lipinski definition) is 1. The fourth-order valence-corrected chi connectivity index (χ4v) is 5.61. The molecule has 3 aromatic rings. The Bertz CT molecular complexity index is 1330. The van der Waals surface area contributed by atoms with Gasteiger partial charge in [0.1, 0.15) is 6.54 Å². The summed E-state index contributed by atoms with van der Waals surface area (Å²) in [7, 11) is 0. The highest BCUT2D eigenvalue weighted by Gasteiger charge is 2.35. The van der Waals surface area contributed by atoms with Crippen molar-refractivity contribution in [3.63, 3.8) is 0 Å². The Morgan fingerprint density at radius 2 is 2.00 bits per heavy atom. The van der Waals surface area contributed by atoms with Gasteiger partial charge in [0.05, 0.1) is 23.1 Å². The Kier molecular flexibility index (Phi) is 7.25. The molecule has 1 N–H and O–H groups in total. The number of rotatable bonds is 8. The molecule has 2 aromatic carbocycles. The van der Waals surface area contributed by atoms with Crippen LogP contribution in [0.25, 0.3) is 17.0 Å². The molecule has 2 aliphatic rings. The molecule has 7 nitrogen and oxygen atoms in total. The van der Waals surface area contributed by atoms with Crippen molar-refractivity contribution >= 4 is 45.8 Å². The van der Waals surface area contributed by atoms with E-state index in [-0.39, 0.29) is 36.2 Å². The molecule has 3 heterocycles. The summed E-state index contributed by atoms with van der Waals surface area (Å²) in [5, 5.41) is 3.67. The van der Waals surface area contributed by atoms with Crippen molar-refractivity contribution in [1.82, 2.24) is 14.8 Å². The second kappa shape index (κ2) is 10.7. The van der Waals surface area contributed by atoms with Crippen LogP contribution in [0.2, 0.25) is 0 Å². The number of amides is 3. The fraction of sp³-hybridized carbons (Fsp3) is 0.321. The molecule has 2 fully saturated rings. The van der Waals surface area contributed by atoms with Gasteiger partial charge in [-0.25, -0.2) is 0 Å². The van der Waals surface area contributed by atoms with Crippen molar-refractivity contribution in [2.45, 2.75) is 45.4 Å². The molecule has 2 aliphatic heterocycles. The van der Waals surface area contributed by atoms with Crippen molar-refractivity contribution < 1.29 is 19.1 Å². The second-order valence-electron chi connectivity index (χ2n) is 9.07. The van der Waals surface area contributed by atoms with E-state index >= 15 is 0 Å². The van der Waals surface area contributed by atoms with Crippen molar-refractivity contribution in [2.24, 2.45) is 0 Å². The molecular formula is C28H29N3O4S. The molecule has 5 rings (SSSR count). The molecule has 0 bridgehead atoms. The van der Waals surface area contributed by atoms with Gasteiger partial charge in [0, 0.05) is 30.3 Å². The number of nitrogens with zero attached hydrogens (tertiary/aromatic N) is 2. The zero-order valence-electron chi connectivity index (χ0n) is 20.2. The lowest BCUT2D eigenvalue weighted by molar-refractivity contribution is -0.123. The molecule has 0 unspecified atom stereocenters. The summed E-state index contributed by atoms with van der Waals surface area (Å²) in [4.78, 5) is 40.2. The Labute approximate surface area is 214 Å². The van der Waals surface area contributed by atoms with E-state index < -0.39 is 0 Å². The van der Waals surface area contributed by atoms with Crippen LogP contribution in [-0.2, 0) is 33.8 Å². The summed E-state index contributed by atoms with van der Waals surface area (Å²) in [6.45, 7) is 3.76. The summed E-state index contributed by atoms with van der Waals surface area (Å²) >= 11 is 0.956. The molecule has 1 aromatic heterocycles. The smallest absolute Gasteiger partial charge is 0.293 e. The molecule has 36 heavy (non-hydrogen) atoms. The SMILES string of the molecule is CCc1cccc2c(/C=C3\SC(=O)N(Cc4ccccc4)C3=O)cn(CC(=O)NC[C@@H]3CCCO3)c12. The second-order valence-corrected chi connectivity index (χ2v) is 10.1. The number of aromatic nitrogens is 1. The maximum absolute atomic E-state index is 13.1.